The maximum atomic E-state index is 12.4. The van der Waals surface area contributed by atoms with E-state index in [1.807, 2.05) is 0 Å². The lowest BCUT2D eigenvalue weighted by Crippen LogP contribution is -2.22. The van der Waals surface area contributed by atoms with Gasteiger partial charge in [0.1, 0.15) is 0 Å². The molecule has 0 saturated heterocycles. The van der Waals surface area contributed by atoms with E-state index >= 15 is 0 Å². The number of alkyl halides is 2. The first-order valence-electron chi connectivity index (χ1n) is 6.48. The number of nitrogens with one attached hydrogen (secondary N) is 2. The third-order valence-electron chi connectivity index (χ3n) is 2.76. The van der Waals surface area contributed by atoms with Crippen LogP contribution in [0.1, 0.15) is 16.8 Å². The first kappa shape index (κ1) is 18.7. The molecule has 0 aliphatic rings. The van der Waals surface area contributed by atoms with Crippen molar-refractivity contribution in [2.45, 2.75) is 11.3 Å². The highest BCUT2D eigenvalue weighted by molar-refractivity contribution is 7.13. The average Bonchev–Trinajstić information content (AvgIpc) is 3.01. The third kappa shape index (κ3) is 4.91. The number of rotatable bonds is 6. The third-order valence-corrected chi connectivity index (χ3v) is 4.16. The summed E-state index contributed by atoms with van der Waals surface area (Å²) < 4.78 is 0. The maximum Gasteiger partial charge on any atom is 0.257 e. The first-order valence-corrected chi connectivity index (χ1v) is 8.61. The summed E-state index contributed by atoms with van der Waals surface area (Å²) in [5, 5.41) is 7.09. The molecule has 0 aliphatic heterocycles. The molecule has 2 N–H and O–H groups in total. The van der Waals surface area contributed by atoms with Gasteiger partial charge in [0.25, 0.3) is 5.91 Å². The van der Waals surface area contributed by atoms with Gasteiger partial charge in [-0.05, 0) is 12.1 Å². The minimum Gasteiger partial charge on any atom is -0.322 e. The smallest absolute Gasteiger partial charge is 0.257 e. The number of carbonyl (C=O) groups excluding carboxylic acids is 3. The van der Waals surface area contributed by atoms with E-state index in [0.717, 1.165) is 0 Å². The van der Waals surface area contributed by atoms with Crippen LogP contribution in [0.4, 0.5) is 10.8 Å². The van der Waals surface area contributed by atoms with Gasteiger partial charge in [-0.15, -0.1) is 11.3 Å². The van der Waals surface area contributed by atoms with Crippen LogP contribution in [0.25, 0.3) is 0 Å². The summed E-state index contributed by atoms with van der Waals surface area (Å²) >= 11 is 18.2. The lowest BCUT2D eigenvalue weighted by Gasteiger charge is -2.12. The number of hydrogen-bond donors (Lipinski definition) is 2. The topological polar surface area (TPSA) is 88.2 Å². The molecule has 2 aromatic rings. The Morgan fingerprint density at radius 2 is 1.96 bits per heavy atom. The van der Waals surface area contributed by atoms with Gasteiger partial charge in [0.2, 0.25) is 5.91 Å². The molecule has 1 heterocycles. The Hall–Kier alpha value is -1.67. The average molecular weight is 407 g/mol. The van der Waals surface area contributed by atoms with Crippen molar-refractivity contribution in [2.75, 3.05) is 10.6 Å². The quantitative estimate of drug-likeness (QED) is 0.434. The number of thiazole rings is 1. The molecule has 0 fully saturated rings. The van der Waals surface area contributed by atoms with E-state index in [1.54, 1.807) is 5.38 Å². The van der Waals surface area contributed by atoms with Crippen molar-refractivity contribution in [3.8, 4) is 0 Å². The molecule has 0 atom stereocenters. The van der Waals surface area contributed by atoms with E-state index in [-0.39, 0.29) is 16.3 Å². The molecule has 2 amide bonds. The van der Waals surface area contributed by atoms with Crippen LogP contribution in [0.3, 0.4) is 0 Å². The summed E-state index contributed by atoms with van der Waals surface area (Å²) in [5.41, 5.74) is 0.140. The second-order valence-electron chi connectivity index (χ2n) is 4.44. The summed E-state index contributed by atoms with van der Waals surface area (Å²) in [6.07, 6.45) is 1.09. The number of halogens is 3. The zero-order valence-corrected chi connectivity index (χ0v) is 15.0. The van der Waals surface area contributed by atoms with E-state index in [0.29, 0.717) is 5.13 Å². The monoisotopic (exact) mass is 405 g/mol. The van der Waals surface area contributed by atoms with Crippen LogP contribution in [0.5, 0.6) is 0 Å². The Bertz CT molecular complexity index is 766. The number of ketones is 1. The number of aromatic nitrogens is 1. The van der Waals surface area contributed by atoms with Crippen LogP contribution >= 0.6 is 46.1 Å². The van der Waals surface area contributed by atoms with Crippen molar-refractivity contribution in [2.24, 2.45) is 0 Å². The first-order chi connectivity index (χ1) is 11.4. The minimum atomic E-state index is -1.32. The van der Waals surface area contributed by atoms with Crippen molar-refractivity contribution in [1.29, 1.82) is 0 Å². The fourth-order valence-electron chi connectivity index (χ4n) is 1.75. The summed E-state index contributed by atoms with van der Waals surface area (Å²) in [4.78, 5) is 38.5. The normalized spacial score (nSPS) is 10.5. The lowest BCUT2D eigenvalue weighted by atomic mass is 10.1. The zero-order valence-electron chi connectivity index (χ0n) is 11.9. The number of anilines is 2. The molecule has 0 unspecified atom stereocenters. The number of benzene rings is 1. The van der Waals surface area contributed by atoms with Crippen LogP contribution < -0.4 is 10.6 Å². The molecule has 6 nitrogen and oxygen atoms in total. The molecule has 1 aromatic carbocycles. The van der Waals surface area contributed by atoms with Crippen molar-refractivity contribution >= 4 is 74.6 Å². The molecule has 126 valence electrons. The molecule has 10 heteroatoms. The van der Waals surface area contributed by atoms with E-state index in [2.05, 4.69) is 15.6 Å². The Kier molecular flexibility index (Phi) is 6.56. The molecule has 1 aromatic heterocycles. The van der Waals surface area contributed by atoms with Crippen molar-refractivity contribution in [1.82, 2.24) is 4.98 Å². The largest absolute Gasteiger partial charge is 0.322 e. The van der Waals surface area contributed by atoms with E-state index in [9.17, 15) is 14.4 Å². The van der Waals surface area contributed by atoms with Crippen LogP contribution in [-0.4, -0.2) is 27.4 Å². The number of Topliss-reactive ketones (excluding diaryl/α,β-unsaturated/α-hetero) is 1. The van der Waals surface area contributed by atoms with Gasteiger partial charge in [-0.1, -0.05) is 40.9 Å². The molecular formula is C14H10Cl3N3O3S. The highest BCUT2D eigenvalue weighted by Crippen LogP contribution is 2.28. The van der Waals surface area contributed by atoms with Crippen molar-refractivity contribution in [3.63, 3.8) is 0 Å². The number of amides is 2. The molecule has 0 saturated carbocycles. The molecule has 24 heavy (non-hydrogen) atoms. The highest BCUT2D eigenvalue weighted by atomic mass is 35.5. The minimum absolute atomic E-state index is 0.0579. The Labute approximate surface area is 156 Å². The number of para-hydroxylation sites is 1. The Morgan fingerprint density at radius 1 is 1.21 bits per heavy atom. The van der Waals surface area contributed by atoms with E-state index in [1.165, 1.54) is 35.7 Å². The second kappa shape index (κ2) is 8.43. The van der Waals surface area contributed by atoms with Crippen molar-refractivity contribution < 1.29 is 14.4 Å². The van der Waals surface area contributed by atoms with Crippen molar-refractivity contribution in [3.05, 3.63) is 40.4 Å². The highest BCUT2D eigenvalue weighted by Gasteiger charge is 2.21. The van der Waals surface area contributed by atoms with Gasteiger partial charge in [-0.3, -0.25) is 14.4 Å². The fourth-order valence-corrected chi connectivity index (χ4v) is 2.63. The maximum absolute atomic E-state index is 12.4. The Morgan fingerprint density at radius 3 is 2.58 bits per heavy atom. The molecule has 0 radical (unpaired) electrons. The Balaban J connectivity index is 2.15. The molecular weight excluding hydrogens is 397 g/mol. The van der Waals surface area contributed by atoms with Gasteiger partial charge in [0, 0.05) is 17.1 Å². The van der Waals surface area contributed by atoms with Gasteiger partial charge in [-0.25, -0.2) is 4.98 Å². The SMILES string of the molecule is O=C(CC(=O)c1cccc(Cl)c1NC(=O)C(Cl)Cl)Nc1nccs1. The number of carbonyl (C=O) groups is 3. The van der Waals surface area contributed by atoms with E-state index in [4.69, 9.17) is 34.8 Å². The predicted molar refractivity (Wildman–Crippen MR) is 95.3 cm³/mol. The van der Waals surface area contributed by atoms with Crippen LogP contribution in [-0.2, 0) is 9.59 Å². The van der Waals surface area contributed by atoms with Crippen LogP contribution in [0.2, 0.25) is 5.02 Å². The lowest BCUT2D eigenvalue weighted by molar-refractivity contribution is -0.115. The van der Waals surface area contributed by atoms with Gasteiger partial charge >= 0.3 is 0 Å². The number of nitrogens with zero attached hydrogens (tertiary/aromatic N) is 1. The summed E-state index contributed by atoms with van der Waals surface area (Å²) in [6, 6.07) is 4.46. The second-order valence-corrected chi connectivity index (χ2v) is 6.84. The summed E-state index contributed by atoms with van der Waals surface area (Å²) in [5.74, 6) is -1.78. The summed E-state index contributed by atoms with van der Waals surface area (Å²) in [7, 11) is 0. The van der Waals surface area contributed by atoms with Gasteiger partial charge in [-0.2, -0.15) is 0 Å². The zero-order chi connectivity index (χ0) is 17.7. The number of hydrogen-bond acceptors (Lipinski definition) is 5. The van der Waals surface area contributed by atoms with E-state index < -0.39 is 28.9 Å². The van der Waals surface area contributed by atoms with Crippen LogP contribution in [0.15, 0.2) is 29.8 Å². The van der Waals surface area contributed by atoms with Crippen LogP contribution in [0, 0.1) is 0 Å². The predicted octanol–water partition coefficient (Wildman–Crippen LogP) is 3.75. The summed E-state index contributed by atoms with van der Waals surface area (Å²) in [6.45, 7) is 0. The molecule has 0 bridgehead atoms. The van der Waals surface area contributed by atoms with Gasteiger partial charge in [0.15, 0.2) is 15.8 Å². The fraction of sp³-hybridized carbons (Fsp3) is 0.143. The molecule has 0 aliphatic carbocycles. The molecule has 2 rings (SSSR count). The van der Waals surface area contributed by atoms with Gasteiger partial charge < -0.3 is 10.6 Å². The van der Waals surface area contributed by atoms with Gasteiger partial charge in [0.05, 0.1) is 17.1 Å². The molecule has 0 spiro atoms. The standard InChI is InChI=1S/C14H10Cl3N3O3S/c15-8-3-1-2-7(11(8)20-13(23)12(16)17)9(21)6-10(22)19-14-18-4-5-24-14/h1-5,12H,6H2,(H,20,23)(H,18,19,22).